The molecule has 8 heteroatoms. The molecule has 3 aliphatic rings. The number of methoxy groups -OCH3 is 3. The third-order valence-electron chi connectivity index (χ3n) is 6.31. The molecule has 0 saturated carbocycles. The Morgan fingerprint density at radius 1 is 1.10 bits per heavy atom. The number of carbonyl (C=O) groups is 1. The molecule has 1 aromatic carbocycles. The van der Waals surface area contributed by atoms with E-state index in [1.807, 2.05) is 6.92 Å². The molecule has 0 radical (unpaired) electrons. The van der Waals surface area contributed by atoms with E-state index in [2.05, 4.69) is 0 Å². The minimum atomic E-state index is -1.22. The lowest BCUT2D eigenvalue weighted by molar-refractivity contribution is -0.452. The molecule has 1 aliphatic carbocycles. The molecule has 1 aromatic rings. The van der Waals surface area contributed by atoms with Crippen LogP contribution in [0.2, 0.25) is 0 Å². The van der Waals surface area contributed by atoms with Gasteiger partial charge in [-0.15, -0.1) is 0 Å². The van der Waals surface area contributed by atoms with Gasteiger partial charge in [-0.1, -0.05) is 5.57 Å². The molecule has 1 saturated heterocycles. The topological polar surface area (TPSA) is 92.7 Å². The van der Waals surface area contributed by atoms with Crippen molar-refractivity contribution >= 4 is 11.5 Å². The van der Waals surface area contributed by atoms with Gasteiger partial charge < -0.3 is 33.5 Å². The molecule has 8 nitrogen and oxygen atoms in total. The predicted octanol–water partition coefficient (Wildman–Crippen LogP) is 2.63. The number of esters is 1. The minimum absolute atomic E-state index is 0.128. The Morgan fingerprint density at radius 3 is 2.38 bits per heavy atom. The second kappa shape index (κ2) is 6.70. The highest BCUT2D eigenvalue weighted by atomic mass is 16.8. The molecule has 0 spiro atoms. The van der Waals surface area contributed by atoms with Crippen LogP contribution in [-0.2, 0) is 23.7 Å². The van der Waals surface area contributed by atoms with Gasteiger partial charge in [-0.3, -0.25) is 0 Å². The maximum absolute atomic E-state index is 12.8. The maximum Gasteiger partial charge on any atom is 0.343 e. The van der Waals surface area contributed by atoms with E-state index in [4.69, 9.17) is 28.4 Å². The third kappa shape index (κ3) is 2.78. The summed E-state index contributed by atoms with van der Waals surface area (Å²) < 4.78 is 34.8. The van der Waals surface area contributed by atoms with Gasteiger partial charge in [-0.2, -0.15) is 0 Å². The van der Waals surface area contributed by atoms with E-state index in [0.717, 1.165) is 11.1 Å². The van der Waals surface area contributed by atoms with Crippen molar-refractivity contribution in [1.29, 1.82) is 0 Å². The van der Waals surface area contributed by atoms with Gasteiger partial charge in [0.15, 0.2) is 6.10 Å². The highest BCUT2D eigenvalue weighted by Gasteiger charge is 2.60. The number of aromatic hydroxyl groups is 1. The summed E-state index contributed by atoms with van der Waals surface area (Å²) in [7, 11) is 4.55. The molecule has 0 unspecified atom stereocenters. The lowest BCUT2D eigenvalue weighted by Crippen LogP contribution is -2.68. The van der Waals surface area contributed by atoms with Crippen molar-refractivity contribution in [2.45, 2.75) is 57.1 Å². The summed E-state index contributed by atoms with van der Waals surface area (Å²) in [6, 6.07) is 3.13. The number of rotatable bonds is 3. The fourth-order valence-corrected chi connectivity index (χ4v) is 4.44. The molecular weight excluding hydrogens is 380 g/mol. The number of hydrogen-bond donors (Lipinski definition) is 1. The molecular formula is C21H26O8. The summed E-state index contributed by atoms with van der Waals surface area (Å²) in [6.07, 6.45) is -1.17. The first-order chi connectivity index (χ1) is 13.7. The number of phenolic OH excluding ortho intramolecular Hbond substituents is 1. The van der Waals surface area contributed by atoms with Crippen molar-refractivity contribution in [2.24, 2.45) is 0 Å². The van der Waals surface area contributed by atoms with Crippen LogP contribution >= 0.6 is 0 Å². The summed E-state index contributed by atoms with van der Waals surface area (Å²) >= 11 is 0. The summed E-state index contributed by atoms with van der Waals surface area (Å²) in [5.41, 5.74) is 2.48. The van der Waals surface area contributed by atoms with Crippen molar-refractivity contribution < 1.29 is 38.3 Å². The molecule has 158 valence electrons. The summed E-state index contributed by atoms with van der Waals surface area (Å²) in [6.45, 7) is 5.44. The molecule has 0 amide bonds. The lowest BCUT2D eigenvalue weighted by atomic mass is 9.78. The first-order valence-corrected chi connectivity index (χ1v) is 9.46. The number of phenols is 1. The van der Waals surface area contributed by atoms with Gasteiger partial charge in [0.1, 0.15) is 23.2 Å². The Bertz CT molecular complexity index is 893. The van der Waals surface area contributed by atoms with Crippen molar-refractivity contribution in [2.75, 3.05) is 21.3 Å². The molecule has 2 heterocycles. The average Bonchev–Trinajstić information content (AvgIpc) is 2.68. The first kappa shape index (κ1) is 20.2. The molecule has 5 atom stereocenters. The van der Waals surface area contributed by atoms with E-state index < -0.39 is 35.9 Å². The number of carbonyl (C=O) groups excluding carboxylic acids is 1. The standard InChI is InChI=1S/C21H26O8/c1-10-7-14-17(29-21(3,26-6)20(2,25-5)28-14)18-15(10)12-8-11(24-4)9-13(22)16(12)19(23)27-18/h8-9,14,17-18,22H,7H2,1-6H3/t14-,17+,18-,20+,21+/m1/s1. The number of ether oxygens (including phenoxy) is 6. The van der Waals surface area contributed by atoms with E-state index in [0.29, 0.717) is 17.7 Å². The average molecular weight is 406 g/mol. The Kier molecular flexibility index (Phi) is 4.66. The van der Waals surface area contributed by atoms with Crippen LogP contribution < -0.4 is 4.74 Å². The van der Waals surface area contributed by atoms with Gasteiger partial charge in [0, 0.05) is 31.4 Å². The van der Waals surface area contributed by atoms with Crippen LogP contribution in [0.15, 0.2) is 17.7 Å². The van der Waals surface area contributed by atoms with Gasteiger partial charge in [0.2, 0.25) is 11.6 Å². The van der Waals surface area contributed by atoms with Crippen molar-refractivity contribution in [3.8, 4) is 11.5 Å². The van der Waals surface area contributed by atoms with Crippen LogP contribution in [0.4, 0.5) is 0 Å². The second-order valence-electron chi connectivity index (χ2n) is 7.83. The van der Waals surface area contributed by atoms with E-state index in [9.17, 15) is 9.90 Å². The van der Waals surface area contributed by atoms with Crippen LogP contribution in [0.25, 0.3) is 5.57 Å². The van der Waals surface area contributed by atoms with Crippen LogP contribution in [0, 0.1) is 0 Å². The highest BCUT2D eigenvalue weighted by Crippen LogP contribution is 2.50. The number of benzene rings is 1. The maximum atomic E-state index is 12.8. The molecule has 2 aliphatic heterocycles. The van der Waals surface area contributed by atoms with Crippen molar-refractivity contribution in [3.05, 3.63) is 28.8 Å². The summed E-state index contributed by atoms with van der Waals surface area (Å²) in [5.74, 6) is -2.71. The van der Waals surface area contributed by atoms with Crippen LogP contribution in [0.3, 0.4) is 0 Å². The molecule has 29 heavy (non-hydrogen) atoms. The lowest BCUT2D eigenvalue weighted by Gasteiger charge is -2.55. The zero-order valence-electron chi connectivity index (χ0n) is 17.4. The molecule has 1 N–H and O–H groups in total. The first-order valence-electron chi connectivity index (χ1n) is 9.46. The van der Waals surface area contributed by atoms with Gasteiger partial charge in [-0.05, 0) is 33.3 Å². The fraction of sp³-hybridized carbons (Fsp3) is 0.571. The second-order valence-corrected chi connectivity index (χ2v) is 7.83. The predicted molar refractivity (Wildman–Crippen MR) is 102 cm³/mol. The van der Waals surface area contributed by atoms with E-state index in [-0.39, 0.29) is 11.3 Å². The van der Waals surface area contributed by atoms with Crippen molar-refractivity contribution in [1.82, 2.24) is 0 Å². The zero-order valence-corrected chi connectivity index (χ0v) is 17.4. The monoisotopic (exact) mass is 406 g/mol. The summed E-state index contributed by atoms with van der Waals surface area (Å²) in [4.78, 5) is 12.8. The largest absolute Gasteiger partial charge is 0.507 e. The van der Waals surface area contributed by atoms with Crippen LogP contribution in [0.1, 0.15) is 43.1 Å². The fourth-order valence-electron chi connectivity index (χ4n) is 4.44. The van der Waals surface area contributed by atoms with E-state index in [1.165, 1.54) is 27.4 Å². The Morgan fingerprint density at radius 2 is 1.76 bits per heavy atom. The Hall–Kier alpha value is -2.13. The van der Waals surface area contributed by atoms with Crippen molar-refractivity contribution in [3.63, 3.8) is 0 Å². The van der Waals surface area contributed by atoms with Gasteiger partial charge in [0.25, 0.3) is 0 Å². The van der Waals surface area contributed by atoms with E-state index in [1.54, 1.807) is 19.9 Å². The SMILES string of the molecule is COc1cc(O)c2c(c1)C1=C(C)C[C@H]3O[C@](C)(OC)[C@@](C)(OC)O[C@@H]3[C@@H]1OC2=O. The normalized spacial score (nSPS) is 36.1. The Balaban J connectivity index is 1.84. The van der Waals surface area contributed by atoms with Gasteiger partial charge in [-0.25, -0.2) is 4.79 Å². The summed E-state index contributed by atoms with van der Waals surface area (Å²) in [5, 5.41) is 10.4. The minimum Gasteiger partial charge on any atom is -0.507 e. The highest BCUT2D eigenvalue weighted by molar-refractivity contribution is 6.03. The Labute approximate surface area is 169 Å². The third-order valence-corrected chi connectivity index (χ3v) is 6.31. The van der Waals surface area contributed by atoms with Crippen LogP contribution in [-0.4, -0.2) is 62.3 Å². The molecule has 1 fully saturated rings. The van der Waals surface area contributed by atoms with E-state index >= 15 is 0 Å². The number of fused-ring (bicyclic) bond motifs is 5. The quantitative estimate of drug-likeness (QED) is 0.766. The number of hydrogen-bond acceptors (Lipinski definition) is 8. The molecule has 0 bridgehead atoms. The molecule has 0 aromatic heterocycles. The smallest absolute Gasteiger partial charge is 0.343 e. The van der Waals surface area contributed by atoms with Crippen LogP contribution in [0.5, 0.6) is 11.5 Å². The van der Waals surface area contributed by atoms with Gasteiger partial charge >= 0.3 is 5.97 Å². The molecule has 4 rings (SSSR count). The zero-order chi connectivity index (χ0) is 21.1. The van der Waals surface area contributed by atoms with Gasteiger partial charge in [0.05, 0.1) is 13.2 Å².